The molecule has 0 spiro atoms. The van der Waals surface area contributed by atoms with Crippen LogP contribution in [0.1, 0.15) is 38.1 Å². The van der Waals surface area contributed by atoms with Crippen molar-refractivity contribution in [1.29, 1.82) is 0 Å². The van der Waals surface area contributed by atoms with Gasteiger partial charge in [0.05, 0.1) is 11.2 Å². The average molecular weight is 352 g/mol. The van der Waals surface area contributed by atoms with Crippen molar-refractivity contribution in [1.82, 2.24) is 0 Å². The summed E-state index contributed by atoms with van der Waals surface area (Å²) in [6.07, 6.45) is 4.70. The van der Waals surface area contributed by atoms with Crippen LogP contribution in [0.15, 0.2) is 23.0 Å². The molecule has 23 heavy (non-hydrogen) atoms. The van der Waals surface area contributed by atoms with Gasteiger partial charge in [0, 0.05) is 16.7 Å². The predicted molar refractivity (Wildman–Crippen MR) is 98.9 cm³/mol. The Hall–Kier alpha value is -1.02. The molecule has 0 unspecified atom stereocenters. The van der Waals surface area contributed by atoms with E-state index in [4.69, 9.17) is 14.4 Å². The standard InChI is InChI=1S/C16H21BO4S2/c1-15(2)16(3,4)21-17(20-15)12(9-22)7-11-8-13(23-10-11)5-6-14(18)19/h5-8,10,22H,9H2,1-4H3,(H,18,19)/b6-5+,12-7?. The Bertz CT molecular complexity index is 630. The van der Waals surface area contributed by atoms with Crippen molar-refractivity contribution >= 4 is 49.2 Å². The van der Waals surface area contributed by atoms with E-state index in [9.17, 15) is 4.79 Å². The summed E-state index contributed by atoms with van der Waals surface area (Å²) >= 11 is 5.88. The first kappa shape index (κ1) is 18.3. The van der Waals surface area contributed by atoms with Crippen molar-refractivity contribution in [3.8, 4) is 0 Å². The number of rotatable bonds is 5. The molecule has 0 aliphatic carbocycles. The monoisotopic (exact) mass is 352 g/mol. The fourth-order valence-electron chi connectivity index (χ4n) is 2.08. The molecule has 1 saturated heterocycles. The van der Waals surface area contributed by atoms with Gasteiger partial charge in [0.2, 0.25) is 0 Å². The van der Waals surface area contributed by atoms with Crippen LogP contribution in [0.3, 0.4) is 0 Å². The normalized spacial score (nSPS) is 20.4. The van der Waals surface area contributed by atoms with Crippen LogP contribution in [-0.2, 0) is 14.1 Å². The lowest BCUT2D eigenvalue weighted by Gasteiger charge is -2.32. The smallest absolute Gasteiger partial charge is 0.478 e. The number of carboxylic acid groups (broad SMARTS) is 1. The maximum atomic E-state index is 10.6. The van der Waals surface area contributed by atoms with Crippen LogP contribution in [0.2, 0.25) is 0 Å². The van der Waals surface area contributed by atoms with Crippen LogP contribution in [0.25, 0.3) is 12.2 Å². The second-order valence-electron chi connectivity index (χ2n) is 6.42. The molecule has 0 atom stereocenters. The van der Waals surface area contributed by atoms with Gasteiger partial charge in [-0.05, 0) is 56.3 Å². The molecule has 1 aliphatic heterocycles. The Balaban J connectivity index is 2.19. The van der Waals surface area contributed by atoms with Crippen molar-refractivity contribution in [2.45, 2.75) is 38.9 Å². The molecule has 0 amide bonds. The SMILES string of the molecule is CC1(C)OB(C(=Cc2csc(/C=C/C(=O)O)c2)CS)OC1(C)C. The minimum Gasteiger partial charge on any atom is -0.478 e. The van der Waals surface area contributed by atoms with E-state index in [1.807, 2.05) is 45.2 Å². The first-order chi connectivity index (χ1) is 10.6. The first-order valence-corrected chi connectivity index (χ1v) is 8.82. The summed E-state index contributed by atoms with van der Waals surface area (Å²) in [6, 6.07) is 1.93. The Kier molecular flexibility index (Phi) is 5.46. The first-order valence-electron chi connectivity index (χ1n) is 7.31. The molecular formula is C16H21BO4S2. The molecule has 0 bridgehead atoms. The molecule has 2 heterocycles. The largest absolute Gasteiger partial charge is 0.491 e. The zero-order valence-corrected chi connectivity index (χ0v) is 15.4. The number of carboxylic acids is 1. The van der Waals surface area contributed by atoms with Crippen LogP contribution < -0.4 is 0 Å². The highest BCUT2D eigenvalue weighted by Gasteiger charge is 2.52. The summed E-state index contributed by atoms with van der Waals surface area (Å²) in [5.41, 5.74) is 1.16. The second kappa shape index (κ2) is 6.85. The van der Waals surface area contributed by atoms with Crippen molar-refractivity contribution in [2.24, 2.45) is 0 Å². The van der Waals surface area contributed by atoms with Gasteiger partial charge in [-0.3, -0.25) is 0 Å². The van der Waals surface area contributed by atoms with E-state index in [2.05, 4.69) is 12.6 Å². The van der Waals surface area contributed by atoms with Crippen LogP contribution >= 0.6 is 24.0 Å². The lowest BCUT2D eigenvalue weighted by molar-refractivity contribution is -0.131. The maximum absolute atomic E-state index is 10.6. The van der Waals surface area contributed by atoms with Gasteiger partial charge in [0.1, 0.15) is 0 Å². The van der Waals surface area contributed by atoms with E-state index < -0.39 is 13.1 Å². The van der Waals surface area contributed by atoms with Crippen molar-refractivity contribution in [2.75, 3.05) is 5.75 Å². The minimum absolute atomic E-state index is 0.385. The molecule has 1 fully saturated rings. The highest BCUT2D eigenvalue weighted by Crippen LogP contribution is 2.39. The number of hydrogen-bond acceptors (Lipinski definition) is 5. The molecular weight excluding hydrogens is 331 g/mol. The van der Waals surface area contributed by atoms with E-state index >= 15 is 0 Å². The number of thiophene rings is 1. The van der Waals surface area contributed by atoms with E-state index in [0.29, 0.717) is 5.75 Å². The molecule has 1 aromatic heterocycles. The Morgan fingerprint density at radius 1 is 1.35 bits per heavy atom. The summed E-state index contributed by atoms with van der Waals surface area (Å²) in [5, 5.41) is 10.6. The fourth-order valence-corrected chi connectivity index (χ4v) is 3.08. The van der Waals surface area contributed by atoms with Gasteiger partial charge in [0.15, 0.2) is 0 Å². The zero-order valence-electron chi connectivity index (χ0n) is 13.7. The summed E-state index contributed by atoms with van der Waals surface area (Å²) in [7, 11) is -0.421. The van der Waals surface area contributed by atoms with Crippen molar-refractivity contribution in [3.63, 3.8) is 0 Å². The van der Waals surface area contributed by atoms with E-state index in [1.165, 1.54) is 11.3 Å². The molecule has 4 nitrogen and oxygen atoms in total. The number of hydrogen-bond donors (Lipinski definition) is 2. The Labute approximate surface area is 146 Å². The van der Waals surface area contributed by atoms with E-state index in [-0.39, 0.29) is 11.2 Å². The molecule has 0 saturated carbocycles. The summed E-state index contributed by atoms with van der Waals surface area (Å²) in [5.74, 6) is -0.434. The molecule has 1 N–H and O–H groups in total. The van der Waals surface area contributed by atoms with Gasteiger partial charge in [-0.2, -0.15) is 12.6 Å². The molecule has 0 aromatic carbocycles. The lowest BCUT2D eigenvalue weighted by atomic mass is 9.78. The maximum Gasteiger partial charge on any atom is 0.491 e. The number of aliphatic carboxylic acids is 1. The van der Waals surface area contributed by atoms with Crippen LogP contribution in [0.5, 0.6) is 0 Å². The van der Waals surface area contributed by atoms with Crippen molar-refractivity contribution in [3.05, 3.63) is 33.4 Å². The van der Waals surface area contributed by atoms with Gasteiger partial charge in [-0.15, -0.1) is 11.3 Å². The quantitative estimate of drug-likeness (QED) is 0.481. The second-order valence-corrected chi connectivity index (χ2v) is 7.68. The van der Waals surface area contributed by atoms with Crippen LogP contribution in [0, 0.1) is 0 Å². The van der Waals surface area contributed by atoms with Gasteiger partial charge >= 0.3 is 13.1 Å². The van der Waals surface area contributed by atoms with E-state index in [0.717, 1.165) is 22.0 Å². The van der Waals surface area contributed by atoms with Crippen LogP contribution in [-0.4, -0.2) is 35.1 Å². The Morgan fingerprint density at radius 2 is 1.96 bits per heavy atom. The fraction of sp³-hybridized carbons (Fsp3) is 0.438. The van der Waals surface area contributed by atoms with Crippen LogP contribution in [0.4, 0.5) is 0 Å². The highest BCUT2D eigenvalue weighted by atomic mass is 32.1. The minimum atomic E-state index is -0.955. The Morgan fingerprint density at radius 3 is 2.48 bits per heavy atom. The predicted octanol–water partition coefficient (Wildman–Crippen LogP) is 3.79. The topological polar surface area (TPSA) is 55.8 Å². The molecule has 7 heteroatoms. The van der Waals surface area contributed by atoms with Gasteiger partial charge in [0.25, 0.3) is 0 Å². The summed E-state index contributed by atoms with van der Waals surface area (Å²) < 4.78 is 12.1. The highest BCUT2D eigenvalue weighted by molar-refractivity contribution is 7.80. The molecule has 0 radical (unpaired) electrons. The zero-order chi connectivity index (χ0) is 17.3. The summed E-state index contributed by atoms with van der Waals surface area (Å²) in [4.78, 5) is 11.4. The van der Waals surface area contributed by atoms with Gasteiger partial charge in [-0.1, -0.05) is 6.08 Å². The summed E-state index contributed by atoms with van der Waals surface area (Å²) in [6.45, 7) is 8.07. The third-order valence-corrected chi connectivity index (χ3v) is 5.40. The molecule has 124 valence electrons. The lowest BCUT2D eigenvalue weighted by Crippen LogP contribution is -2.41. The van der Waals surface area contributed by atoms with Gasteiger partial charge in [-0.25, -0.2) is 4.79 Å². The molecule has 2 rings (SSSR count). The third kappa shape index (κ3) is 4.29. The molecule has 1 aliphatic rings. The molecule has 1 aromatic rings. The third-order valence-electron chi connectivity index (χ3n) is 4.12. The van der Waals surface area contributed by atoms with E-state index in [1.54, 1.807) is 6.08 Å². The van der Waals surface area contributed by atoms with Gasteiger partial charge < -0.3 is 14.4 Å². The number of thiol groups is 1. The number of carbonyl (C=O) groups is 1. The average Bonchev–Trinajstić information content (AvgIpc) is 2.96. The van der Waals surface area contributed by atoms with Crippen molar-refractivity contribution < 1.29 is 19.2 Å².